The van der Waals surface area contributed by atoms with Crippen LogP contribution in [0.1, 0.15) is 5.56 Å². The zero-order valence-corrected chi connectivity index (χ0v) is 12.7. The van der Waals surface area contributed by atoms with E-state index in [-0.39, 0.29) is 12.1 Å². The number of carbonyl (C=O) groups is 1. The minimum atomic E-state index is -0.419. The van der Waals surface area contributed by atoms with Gasteiger partial charge in [0.25, 0.3) is 5.56 Å². The maximum Gasteiger partial charge on any atom is 0.251 e. The predicted octanol–water partition coefficient (Wildman–Crippen LogP) is 2.68. The summed E-state index contributed by atoms with van der Waals surface area (Å²) in [5, 5.41) is 3.31. The minimum Gasteiger partial charge on any atom is -0.398 e. The van der Waals surface area contributed by atoms with Gasteiger partial charge in [0.1, 0.15) is 6.54 Å². The van der Waals surface area contributed by atoms with E-state index in [1.165, 1.54) is 22.9 Å². The fourth-order valence-electron chi connectivity index (χ4n) is 1.78. The highest BCUT2D eigenvalue weighted by Crippen LogP contribution is 2.32. The molecule has 21 heavy (non-hydrogen) atoms. The van der Waals surface area contributed by atoms with Gasteiger partial charge in [-0.2, -0.15) is 0 Å². The molecule has 0 atom stereocenters. The Morgan fingerprint density at radius 1 is 1.29 bits per heavy atom. The van der Waals surface area contributed by atoms with Gasteiger partial charge in [-0.1, -0.05) is 29.3 Å². The van der Waals surface area contributed by atoms with Gasteiger partial charge in [-0.3, -0.25) is 9.59 Å². The monoisotopic (exact) mass is 325 g/mol. The molecule has 1 aromatic heterocycles. The number of rotatable bonds is 3. The quantitative estimate of drug-likeness (QED) is 0.910. The normalized spacial score (nSPS) is 10.4. The van der Waals surface area contributed by atoms with Crippen LogP contribution in [0, 0.1) is 6.92 Å². The highest BCUT2D eigenvalue weighted by molar-refractivity contribution is 6.40. The van der Waals surface area contributed by atoms with Crippen LogP contribution in [0.25, 0.3) is 0 Å². The molecule has 0 aliphatic carbocycles. The lowest BCUT2D eigenvalue weighted by Crippen LogP contribution is -2.27. The number of amides is 1. The number of nitrogen functional groups attached to an aromatic ring is 1. The van der Waals surface area contributed by atoms with E-state index in [1.807, 2.05) is 0 Å². The fraction of sp³-hybridized carbons (Fsp3) is 0.143. The molecule has 2 rings (SSSR count). The number of benzene rings is 1. The zero-order chi connectivity index (χ0) is 15.6. The minimum absolute atomic E-state index is 0.176. The first-order valence-electron chi connectivity index (χ1n) is 6.09. The molecule has 0 aliphatic heterocycles. The molecule has 0 saturated heterocycles. The van der Waals surface area contributed by atoms with Crippen molar-refractivity contribution in [1.29, 1.82) is 0 Å². The third-order valence-corrected chi connectivity index (χ3v) is 3.67. The second-order valence-corrected chi connectivity index (χ2v) is 5.32. The zero-order valence-electron chi connectivity index (χ0n) is 11.2. The second kappa shape index (κ2) is 6.20. The van der Waals surface area contributed by atoms with Crippen molar-refractivity contribution in [1.82, 2.24) is 4.57 Å². The smallest absolute Gasteiger partial charge is 0.251 e. The summed E-state index contributed by atoms with van der Waals surface area (Å²) in [4.78, 5) is 23.7. The molecule has 0 aliphatic rings. The number of pyridine rings is 1. The summed E-state index contributed by atoms with van der Waals surface area (Å²) in [6.07, 6.45) is 1.40. The Kier molecular flexibility index (Phi) is 4.55. The van der Waals surface area contributed by atoms with Gasteiger partial charge < -0.3 is 15.6 Å². The lowest BCUT2D eigenvalue weighted by Gasteiger charge is -2.12. The van der Waals surface area contributed by atoms with E-state index < -0.39 is 5.91 Å². The van der Waals surface area contributed by atoms with E-state index in [9.17, 15) is 9.59 Å². The number of nitrogens with two attached hydrogens (primary N) is 1. The Morgan fingerprint density at radius 3 is 2.71 bits per heavy atom. The number of carbonyl (C=O) groups excluding carboxylic acids is 1. The predicted molar refractivity (Wildman–Crippen MR) is 84.9 cm³/mol. The Morgan fingerprint density at radius 2 is 2.00 bits per heavy atom. The topological polar surface area (TPSA) is 77.1 Å². The van der Waals surface area contributed by atoms with Gasteiger partial charge in [-0.05, 0) is 24.6 Å². The van der Waals surface area contributed by atoms with Crippen molar-refractivity contribution >= 4 is 40.5 Å². The van der Waals surface area contributed by atoms with Crippen LogP contribution in [-0.2, 0) is 11.3 Å². The SMILES string of the molecule is Cc1ccc(Cl)c(NC(=O)Cn2cc(N)ccc2=O)c1Cl. The summed E-state index contributed by atoms with van der Waals surface area (Å²) in [6, 6.07) is 6.17. The van der Waals surface area contributed by atoms with Gasteiger partial charge in [-0.25, -0.2) is 0 Å². The largest absolute Gasteiger partial charge is 0.398 e. The van der Waals surface area contributed by atoms with Gasteiger partial charge in [0.2, 0.25) is 5.91 Å². The molecule has 0 spiro atoms. The van der Waals surface area contributed by atoms with Crippen LogP contribution in [-0.4, -0.2) is 10.5 Å². The van der Waals surface area contributed by atoms with Crippen molar-refractivity contribution in [3.63, 3.8) is 0 Å². The highest BCUT2D eigenvalue weighted by Gasteiger charge is 2.12. The first-order valence-corrected chi connectivity index (χ1v) is 6.84. The van der Waals surface area contributed by atoms with Crippen molar-refractivity contribution in [2.75, 3.05) is 11.1 Å². The van der Waals surface area contributed by atoms with E-state index in [0.717, 1.165) is 5.56 Å². The lowest BCUT2D eigenvalue weighted by atomic mass is 10.2. The van der Waals surface area contributed by atoms with E-state index >= 15 is 0 Å². The number of aryl methyl sites for hydroxylation is 1. The van der Waals surface area contributed by atoms with E-state index in [1.54, 1.807) is 19.1 Å². The third-order valence-electron chi connectivity index (χ3n) is 2.87. The average molecular weight is 326 g/mol. The number of halogens is 2. The molecule has 0 bridgehead atoms. The number of aromatic nitrogens is 1. The Bertz CT molecular complexity index is 756. The van der Waals surface area contributed by atoms with Crippen LogP contribution in [0.3, 0.4) is 0 Å². The first kappa shape index (κ1) is 15.4. The van der Waals surface area contributed by atoms with Gasteiger partial charge >= 0.3 is 0 Å². The Balaban J connectivity index is 2.22. The maximum atomic E-state index is 12.0. The van der Waals surface area contributed by atoms with E-state index in [2.05, 4.69) is 5.32 Å². The molecule has 0 fully saturated rings. The van der Waals surface area contributed by atoms with Crippen LogP contribution in [0.4, 0.5) is 11.4 Å². The number of anilines is 2. The van der Waals surface area contributed by atoms with Crippen molar-refractivity contribution < 1.29 is 4.79 Å². The number of nitrogens with one attached hydrogen (secondary N) is 1. The molecule has 1 aromatic carbocycles. The molecule has 1 heterocycles. The molecule has 2 aromatic rings. The van der Waals surface area contributed by atoms with Gasteiger partial charge in [0, 0.05) is 18.0 Å². The number of hydrogen-bond acceptors (Lipinski definition) is 3. The first-order chi connectivity index (χ1) is 9.88. The summed E-state index contributed by atoms with van der Waals surface area (Å²) < 4.78 is 1.21. The molecule has 1 amide bonds. The summed E-state index contributed by atoms with van der Waals surface area (Å²) in [5.74, 6) is -0.419. The maximum absolute atomic E-state index is 12.0. The Labute approximate surface area is 131 Å². The second-order valence-electron chi connectivity index (χ2n) is 4.53. The molecule has 110 valence electrons. The van der Waals surface area contributed by atoms with Crippen LogP contribution in [0.15, 0.2) is 35.3 Å². The number of nitrogens with zero attached hydrogens (tertiary/aromatic N) is 1. The fourth-order valence-corrected chi connectivity index (χ4v) is 2.24. The summed E-state index contributed by atoms with van der Waals surface area (Å²) in [6.45, 7) is 1.63. The average Bonchev–Trinajstić information content (AvgIpc) is 2.43. The summed E-state index contributed by atoms with van der Waals surface area (Å²) in [7, 11) is 0. The van der Waals surface area contributed by atoms with Crippen molar-refractivity contribution in [3.8, 4) is 0 Å². The van der Waals surface area contributed by atoms with Crippen molar-refractivity contribution in [2.24, 2.45) is 0 Å². The Hall–Kier alpha value is -1.98. The molecule has 0 saturated carbocycles. The van der Waals surface area contributed by atoms with Crippen LogP contribution in [0.5, 0.6) is 0 Å². The molecular weight excluding hydrogens is 313 g/mol. The molecule has 5 nitrogen and oxygen atoms in total. The molecular formula is C14H13Cl2N3O2. The van der Waals surface area contributed by atoms with Crippen LogP contribution >= 0.6 is 23.2 Å². The van der Waals surface area contributed by atoms with Crippen molar-refractivity contribution in [3.05, 3.63) is 56.4 Å². The molecule has 3 N–H and O–H groups in total. The summed E-state index contributed by atoms with van der Waals surface area (Å²) in [5.41, 5.74) is 6.79. The molecule has 7 heteroatoms. The third kappa shape index (κ3) is 3.56. The van der Waals surface area contributed by atoms with E-state index in [4.69, 9.17) is 28.9 Å². The highest BCUT2D eigenvalue weighted by atomic mass is 35.5. The van der Waals surface area contributed by atoms with Crippen LogP contribution in [0.2, 0.25) is 10.0 Å². The lowest BCUT2D eigenvalue weighted by molar-refractivity contribution is -0.116. The standard InChI is InChI=1S/C14H13Cl2N3O2/c1-8-2-4-10(15)14(13(8)16)18-11(20)7-19-6-9(17)3-5-12(19)21/h2-6H,7,17H2,1H3,(H,18,20). The molecule has 0 radical (unpaired) electrons. The van der Waals surface area contributed by atoms with Gasteiger partial charge in [0.15, 0.2) is 0 Å². The summed E-state index contributed by atoms with van der Waals surface area (Å²) >= 11 is 12.1. The number of hydrogen-bond donors (Lipinski definition) is 2. The van der Waals surface area contributed by atoms with E-state index in [0.29, 0.717) is 21.4 Å². The van der Waals surface area contributed by atoms with Crippen LogP contribution < -0.4 is 16.6 Å². The molecule has 0 unspecified atom stereocenters. The van der Waals surface area contributed by atoms with Gasteiger partial charge in [0.05, 0.1) is 15.7 Å². The van der Waals surface area contributed by atoms with Gasteiger partial charge in [-0.15, -0.1) is 0 Å². The van der Waals surface area contributed by atoms with Crippen molar-refractivity contribution in [2.45, 2.75) is 13.5 Å².